The highest BCUT2D eigenvalue weighted by molar-refractivity contribution is 6.35. The summed E-state index contributed by atoms with van der Waals surface area (Å²) in [6.45, 7) is 0.315. The molecule has 0 radical (unpaired) electrons. The van der Waals surface area contributed by atoms with Crippen LogP contribution in [-0.4, -0.2) is 18.4 Å². The maximum atomic E-state index is 12.3. The number of furan rings is 1. The molecule has 28 heavy (non-hydrogen) atoms. The van der Waals surface area contributed by atoms with Crippen LogP contribution < -0.4 is 16.0 Å². The number of anilines is 2. The van der Waals surface area contributed by atoms with Crippen molar-refractivity contribution in [2.45, 2.75) is 6.54 Å². The van der Waals surface area contributed by atoms with Crippen molar-refractivity contribution in [2.24, 2.45) is 0 Å². The standard InChI is InChI=1S/C20H17Cl2N3O3/c21-14-8-15(22)10-17(9-14)25-19(26)12-23-16-4-1-3-13(7-16)20(27)24-11-18-5-2-6-28-18/h1-10,23H,11-12H2,(H,24,27)(H,25,26). The molecule has 3 aromatic rings. The first-order valence-corrected chi connectivity index (χ1v) is 9.15. The van der Waals surface area contributed by atoms with E-state index in [1.165, 1.54) is 0 Å². The van der Waals surface area contributed by atoms with Crippen LogP contribution in [0, 0.1) is 0 Å². The van der Waals surface area contributed by atoms with Gasteiger partial charge in [-0.1, -0.05) is 29.3 Å². The minimum Gasteiger partial charge on any atom is -0.467 e. The quantitative estimate of drug-likeness (QED) is 0.525. The molecule has 0 unspecified atom stereocenters. The van der Waals surface area contributed by atoms with Crippen molar-refractivity contribution in [1.29, 1.82) is 0 Å². The molecular formula is C20H17Cl2N3O3. The highest BCUT2D eigenvalue weighted by atomic mass is 35.5. The molecule has 6 nitrogen and oxygen atoms in total. The van der Waals surface area contributed by atoms with E-state index in [2.05, 4.69) is 16.0 Å². The van der Waals surface area contributed by atoms with E-state index in [1.807, 2.05) is 0 Å². The molecule has 0 aliphatic rings. The fourth-order valence-electron chi connectivity index (χ4n) is 2.47. The van der Waals surface area contributed by atoms with Gasteiger partial charge in [0.05, 0.1) is 19.4 Å². The number of nitrogens with one attached hydrogen (secondary N) is 3. The second kappa shape index (κ2) is 9.30. The van der Waals surface area contributed by atoms with Crippen LogP contribution in [0.3, 0.4) is 0 Å². The van der Waals surface area contributed by atoms with E-state index in [-0.39, 0.29) is 18.4 Å². The van der Waals surface area contributed by atoms with Gasteiger partial charge in [0.1, 0.15) is 5.76 Å². The predicted octanol–water partition coefficient (Wildman–Crippen LogP) is 4.57. The smallest absolute Gasteiger partial charge is 0.251 e. The van der Waals surface area contributed by atoms with Gasteiger partial charge in [0.2, 0.25) is 5.91 Å². The number of halogens is 2. The summed E-state index contributed by atoms with van der Waals surface area (Å²) in [6, 6.07) is 15.2. The number of carbonyl (C=O) groups excluding carboxylic acids is 2. The summed E-state index contributed by atoms with van der Waals surface area (Å²) in [5, 5.41) is 9.33. The monoisotopic (exact) mass is 417 g/mol. The lowest BCUT2D eigenvalue weighted by Gasteiger charge is -2.10. The Kier molecular flexibility index (Phi) is 6.57. The van der Waals surface area contributed by atoms with Crippen molar-refractivity contribution < 1.29 is 14.0 Å². The van der Waals surface area contributed by atoms with Crippen LogP contribution in [0.25, 0.3) is 0 Å². The van der Waals surface area contributed by atoms with E-state index in [9.17, 15) is 9.59 Å². The van der Waals surface area contributed by atoms with Gasteiger partial charge in [-0.05, 0) is 48.5 Å². The van der Waals surface area contributed by atoms with Gasteiger partial charge < -0.3 is 20.4 Å². The first kappa shape index (κ1) is 19.8. The Hall–Kier alpha value is -2.96. The number of amides is 2. The Labute approximate surface area is 171 Å². The average molecular weight is 418 g/mol. The van der Waals surface area contributed by atoms with Gasteiger partial charge in [-0.3, -0.25) is 9.59 Å². The van der Waals surface area contributed by atoms with Gasteiger partial charge in [0.25, 0.3) is 5.91 Å². The zero-order valence-corrected chi connectivity index (χ0v) is 16.2. The van der Waals surface area contributed by atoms with Crippen LogP contribution in [0.1, 0.15) is 16.1 Å². The summed E-state index contributed by atoms with van der Waals surface area (Å²) in [4.78, 5) is 24.4. The second-order valence-electron chi connectivity index (χ2n) is 5.90. The molecule has 3 N–H and O–H groups in total. The largest absolute Gasteiger partial charge is 0.467 e. The Morgan fingerprint density at radius 3 is 2.43 bits per heavy atom. The van der Waals surface area contributed by atoms with Gasteiger partial charge in [-0.25, -0.2) is 0 Å². The molecule has 0 saturated heterocycles. The Morgan fingerprint density at radius 2 is 1.71 bits per heavy atom. The third-order valence-electron chi connectivity index (χ3n) is 3.73. The lowest BCUT2D eigenvalue weighted by atomic mass is 10.2. The van der Waals surface area contributed by atoms with E-state index in [1.54, 1.807) is 60.9 Å². The zero-order chi connectivity index (χ0) is 19.9. The lowest BCUT2D eigenvalue weighted by molar-refractivity contribution is -0.114. The Balaban J connectivity index is 1.53. The lowest BCUT2D eigenvalue weighted by Crippen LogP contribution is -2.23. The predicted molar refractivity (Wildman–Crippen MR) is 110 cm³/mol. The van der Waals surface area contributed by atoms with Crippen molar-refractivity contribution >= 4 is 46.4 Å². The summed E-state index contributed by atoms with van der Waals surface area (Å²) in [5.74, 6) is 0.157. The molecule has 8 heteroatoms. The first-order valence-electron chi connectivity index (χ1n) is 8.40. The minimum atomic E-state index is -0.272. The van der Waals surface area contributed by atoms with Gasteiger partial charge in [-0.15, -0.1) is 0 Å². The fourth-order valence-corrected chi connectivity index (χ4v) is 2.99. The molecule has 144 valence electrons. The van der Waals surface area contributed by atoms with Gasteiger partial charge in [0.15, 0.2) is 0 Å². The van der Waals surface area contributed by atoms with E-state index in [0.29, 0.717) is 39.3 Å². The van der Waals surface area contributed by atoms with E-state index >= 15 is 0 Å². The molecule has 2 amide bonds. The van der Waals surface area contributed by atoms with E-state index in [0.717, 1.165) is 0 Å². The van der Waals surface area contributed by atoms with Crippen LogP contribution in [0.5, 0.6) is 0 Å². The van der Waals surface area contributed by atoms with Crippen molar-refractivity contribution in [1.82, 2.24) is 5.32 Å². The minimum absolute atomic E-state index is 0.0155. The average Bonchev–Trinajstić information content (AvgIpc) is 3.17. The van der Waals surface area contributed by atoms with E-state index in [4.69, 9.17) is 27.6 Å². The molecular weight excluding hydrogens is 401 g/mol. The molecule has 0 spiro atoms. The number of carbonyl (C=O) groups is 2. The highest BCUT2D eigenvalue weighted by Crippen LogP contribution is 2.22. The first-order chi connectivity index (χ1) is 13.5. The van der Waals surface area contributed by atoms with Gasteiger partial charge >= 0.3 is 0 Å². The molecule has 0 aliphatic heterocycles. The van der Waals surface area contributed by atoms with Crippen molar-refractivity contribution in [3.63, 3.8) is 0 Å². The summed E-state index contributed by atoms with van der Waals surface area (Å²) in [7, 11) is 0. The van der Waals surface area contributed by atoms with E-state index < -0.39 is 0 Å². The van der Waals surface area contributed by atoms with Crippen LogP contribution >= 0.6 is 23.2 Å². The number of rotatable bonds is 7. The van der Waals surface area contributed by atoms with Crippen molar-refractivity contribution in [3.8, 4) is 0 Å². The Morgan fingerprint density at radius 1 is 0.929 bits per heavy atom. The molecule has 1 aromatic heterocycles. The summed E-state index contributed by atoms with van der Waals surface area (Å²) < 4.78 is 5.18. The zero-order valence-electron chi connectivity index (χ0n) is 14.7. The number of benzene rings is 2. The molecule has 3 rings (SSSR count). The third kappa shape index (κ3) is 5.77. The van der Waals surface area contributed by atoms with Crippen molar-refractivity contribution in [2.75, 3.05) is 17.2 Å². The molecule has 0 saturated carbocycles. The SMILES string of the molecule is O=C(CNc1cccc(C(=O)NCc2ccco2)c1)Nc1cc(Cl)cc(Cl)c1. The van der Waals surface area contributed by atoms with Crippen LogP contribution in [-0.2, 0) is 11.3 Å². The molecule has 1 heterocycles. The van der Waals surface area contributed by atoms with Gasteiger partial charge in [0, 0.05) is 27.0 Å². The van der Waals surface area contributed by atoms with Crippen LogP contribution in [0.2, 0.25) is 10.0 Å². The summed E-state index contributed by atoms with van der Waals surface area (Å²) in [5.41, 5.74) is 1.62. The highest BCUT2D eigenvalue weighted by Gasteiger charge is 2.08. The third-order valence-corrected chi connectivity index (χ3v) is 4.16. The fraction of sp³-hybridized carbons (Fsp3) is 0.100. The van der Waals surface area contributed by atoms with Crippen LogP contribution in [0.4, 0.5) is 11.4 Å². The molecule has 2 aromatic carbocycles. The Bertz CT molecular complexity index is 954. The normalized spacial score (nSPS) is 10.4. The molecule has 0 fully saturated rings. The number of hydrogen-bond donors (Lipinski definition) is 3. The molecule has 0 atom stereocenters. The van der Waals surface area contributed by atoms with Gasteiger partial charge in [-0.2, -0.15) is 0 Å². The number of hydrogen-bond acceptors (Lipinski definition) is 4. The topological polar surface area (TPSA) is 83.4 Å². The molecule has 0 aliphatic carbocycles. The van der Waals surface area contributed by atoms with Crippen molar-refractivity contribution in [3.05, 3.63) is 82.2 Å². The van der Waals surface area contributed by atoms with Crippen LogP contribution in [0.15, 0.2) is 65.3 Å². The maximum absolute atomic E-state index is 12.3. The maximum Gasteiger partial charge on any atom is 0.251 e. The summed E-state index contributed by atoms with van der Waals surface area (Å²) >= 11 is 11.8. The molecule has 0 bridgehead atoms. The second-order valence-corrected chi connectivity index (χ2v) is 6.78. The summed E-state index contributed by atoms with van der Waals surface area (Å²) in [6.07, 6.45) is 1.55.